The van der Waals surface area contributed by atoms with E-state index in [0.717, 1.165) is 34.6 Å². The second-order valence-corrected chi connectivity index (χ2v) is 8.59. The van der Waals surface area contributed by atoms with Crippen LogP contribution in [-0.2, 0) is 22.4 Å². The van der Waals surface area contributed by atoms with Gasteiger partial charge in [0.15, 0.2) is 0 Å². The van der Waals surface area contributed by atoms with Crippen LogP contribution in [0.4, 0.5) is 4.39 Å². The number of amides is 1. The molecule has 1 N–H and O–H groups in total. The molecule has 0 saturated carbocycles. The third-order valence-corrected chi connectivity index (χ3v) is 6.52. The average Bonchev–Trinajstić information content (AvgIpc) is 3.36. The summed E-state index contributed by atoms with van der Waals surface area (Å²) in [5, 5.41) is 5.80. The lowest BCUT2D eigenvalue weighted by molar-refractivity contribution is -0.139. The number of aromatic amines is 1. The minimum atomic E-state index is -0.288. The molecule has 6 nitrogen and oxygen atoms in total. The molecule has 0 bridgehead atoms. The molecule has 33 heavy (non-hydrogen) atoms. The number of hydrogen-bond donors (Lipinski definition) is 1. The van der Waals surface area contributed by atoms with Crippen molar-refractivity contribution in [1.82, 2.24) is 19.7 Å². The van der Waals surface area contributed by atoms with Gasteiger partial charge in [-0.1, -0.05) is 18.2 Å². The standard InChI is InChI=1S/C26H27FN4O2/c1-17-24(18(2)31(29-17)21-9-7-20(27)8-10-21)14-26(32)30-11-12-33-16-22(30)13-19-15-28-25-6-4-3-5-23(19)25/h3-10,15,22,28H,11-14,16H2,1-2H3/t22-/m0/s1. The second kappa shape index (κ2) is 8.83. The highest BCUT2D eigenvalue weighted by Crippen LogP contribution is 2.24. The van der Waals surface area contributed by atoms with Gasteiger partial charge in [-0.25, -0.2) is 9.07 Å². The Balaban J connectivity index is 1.36. The number of rotatable bonds is 5. The van der Waals surface area contributed by atoms with Crippen molar-refractivity contribution in [2.75, 3.05) is 19.8 Å². The van der Waals surface area contributed by atoms with E-state index < -0.39 is 0 Å². The number of nitrogens with one attached hydrogen (secondary N) is 1. The van der Waals surface area contributed by atoms with Gasteiger partial charge >= 0.3 is 0 Å². The summed E-state index contributed by atoms with van der Waals surface area (Å²) in [5.41, 5.74) is 5.69. The summed E-state index contributed by atoms with van der Waals surface area (Å²) in [4.78, 5) is 18.7. The number of carbonyl (C=O) groups is 1. The number of aryl methyl sites for hydroxylation is 1. The number of para-hydroxylation sites is 1. The third-order valence-electron chi connectivity index (χ3n) is 6.52. The van der Waals surface area contributed by atoms with Crippen LogP contribution in [0.25, 0.3) is 16.6 Å². The molecule has 1 atom stereocenters. The molecule has 7 heteroatoms. The minimum Gasteiger partial charge on any atom is -0.377 e. The summed E-state index contributed by atoms with van der Waals surface area (Å²) in [6.45, 7) is 5.52. The Hall–Kier alpha value is -3.45. The van der Waals surface area contributed by atoms with E-state index in [1.165, 1.54) is 23.1 Å². The number of aromatic nitrogens is 3. The van der Waals surface area contributed by atoms with Crippen LogP contribution >= 0.6 is 0 Å². The monoisotopic (exact) mass is 446 g/mol. The first-order valence-electron chi connectivity index (χ1n) is 11.2. The van der Waals surface area contributed by atoms with E-state index in [1.54, 1.807) is 16.8 Å². The Bertz CT molecular complexity index is 1290. The first-order chi connectivity index (χ1) is 16.0. The zero-order valence-electron chi connectivity index (χ0n) is 18.8. The highest BCUT2D eigenvalue weighted by Gasteiger charge is 2.29. The van der Waals surface area contributed by atoms with Gasteiger partial charge in [-0.05, 0) is 56.2 Å². The summed E-state index contributed by atoms with van der Waals surface area (Å²) < 4.78 is 20.9. The molecule has 0 radical (unpaired) electrons. The average molecular weight is 447 g/mol. The van der Waals surface area contributed by atoms with E-state index in [-0.39, 0.29) is 24.2 Å². The predicted molar refractivity (Wildman–Crippen MR) is 125 cm³/mol. The molecule has 4 aromatic rings. The van der Waals surface area contributed by atoms with Gasteiger partial charge in [-0.15, -0.1) is 0 Å². The first-order valence-corrected chi connectivity index (χ1v) is 11.2. The fourth-order valence-corrected chi connectivity index (χ4v) is 4.72. The lowest BCUT2D eigenvalue weighted by Gasteiger charge is -2.36. The molecule has 1 aliphatic rings. The fraction of sp³-hybridized carbons (Fsp3) is 0.308. The van der Waals surface area contributed by atoms with Crippen molar-refractivity contribution in [2.45, 2.75) is 32.7 Å². The lowest BCUT2D eigenvalue weighted by atomic mass is 10.0. The van der Waals surface area contributed by atoms with E-state index in [0.29, 0.717) is 19.8 Å². The van der Waals surface area contributed by atoms with E-state index in [9.17, 15) is 9.18 Å². The van der Waals surface area contributed by atoms with Crippen LogP contribution in [0.15, 0.2) is 54.7 Å². The smallest absolute Gasteiger partial charge is 0.227 e. The zero-order chi connectivity index (χ0) is 22.9. The number of H-pyrrole nitrogens is 1. The molecule has 0 unspecified atom stereocenters. The van der Waals surface area contributed by atoms with Crippen molar-refractivity contribution in [3.05, 3.63) is 83.1 Å². The highest BCUT2D eigenvalue weighted by atomic mass is 19.1. The van der Waals surface area contributed by atoms with Crippen molar-refractivity contribution in [3.63, 3.8) is 0 Å². The van der Waals surface area contributed by atoms with Crippen LogP contribution in [0.2, 0.25) is 0 Å². The number of morpholine rings is 1. The van der Waals surface area contributed by atoms with E-state index in [4.69, 9.17) is 4.74 Å². The maximum atomic E-state index is 13.4. The molecule has 0 aliphatic carbocycles. The molecule has 1 fully saturated rings. The van der Waals surface area contributed by atoms with E-state index in [1.807, 2.05) is 37.1 Å². The van der Waals surface area contributed by atoms with Crippen LogP contribution in [0.1, 0.15) is 22.5 Å². The largest absolute Gasteiger partial charge is 0.377 e. The molecule has 3 heterocycles. The summed E-state index contributed by atoms with van der Waals surface area (Å²) >= 11 is 0. The SMILES string of the molecule is Cc1nn(-c2ccc(F)cc2)c(C)c1CC(=O)N1CCOC[C@@H]1Cc1c[nH]c2ccccc12. The second-order valence-electron chi connectivity index (χ2n) is 8.59. The molecule has 1 saturated heterocycles. The van der Waals surface area contributed by atoms with Gasteiger partial charge in [-0.3, -0.25) is 4.79 Å². The van der Waals surface area contributed by atoms with Crippen molar-refractivity contribution in [1.29, 1.82) is 0 Å². The minimum absolute atomic E-state index is 0.0155. The third kappa shape index (κ3) is 4.16. The maximum Gasteiger partial charge on any atom is 0.227 e. The van der Waals surface area contributed by atoms with Crippen LogP contribution in [0.3, 0.4) is 0 Å². The van der Waals surface area contributed by atoms with Crippen LogP contribution in [-0.4, -0.2) is 51.4 Å². The number of hydrogen-bond acceptors (Lipinski definition) is 3. The molecule has 2 aromatic heterocycles. The van der Waals surface area contributed by atoms with Gasteiger partial charge in [0.1, 0.15) is 5.82 Å². The molecule has 1 amide bonds. The normalized spacial score (nSPS) is 16.5. The van der Waals surface area contributed by atoms with Gasteiger partial charge in [0.25, 0.3) is 0 Å². The number of ether oxygens (including phenoxy) is 1. The molecular formula is C26H27FN4O2. The molecule has 170 valence electrons. The summed E-state index contributed by atoms with van der Waals surface area (Å²) in [6.07, 6.45) is 3.05. The number of benzene rings is 2. The zero-order valence-corrected chi connectivity index (χ0v) is 18.8. The molecular weight excluding hydrogens is 419 g/mol. The summed E-state index contributed by atoms with van der Waals surface area (Å²) in [6, 6.07) is 14.4. The summed E-state index contributed by atoms with van der Waals surface area (Å²) in [7, 11) is 0. The van der Waals surface area contributed by atoms with Gasteiger partial charge in [0, 0.05) is 34.9 Å². The van der Waals surface area contributed by atoms with Crippen LogP contribution < -0.4 is 0 Å². The van der Waals surface area contributed by atoms with E-state index >= 15 is 0 Å². The Morgan fingerprint density at radius 1 is 1.18 bits per heavy atom. The van der Waals surface area contributed by atoms with Crippen LogP contribution in [0.5, 0.6) is 0 Å². The van der Waals surface area contributed by atoms with Crippen molar-refractivity contribution in [2.24, 2.45) is 0 Å². The molecule has 0 spiro atoms. The molecule has 1 aliphatic heterocycles. The van der Waals surface area contributed by atoms with Gasteiger partial charge in [0.2, 0.25) is 5.91 Å². The Morgan fingerprint density at radius 3 is 2.79 bits per heavy atom. The Labute approximate surface area is 192 Å². The Morgan fingerprint density at radius 2 is 1.97 bits per heavy atom. The van der Waals surface area contributed by atoms with Crippen LogP contribution in [0, 0.1) is 19.7 Å². The maximum absolute atomic E-state index is 13.4. The fourth-order valence-electron chi connectivity index (χ4n) is 4.72. The number of halogens is 1. The van der Waals surface area contributed by atoms with E-state index in [2.05, 4.69) is 22.2 Å². The van der Waals surface area contributed by atoms with Crippen molar-refractivity contribution >= 4 is 16.8 Å². The first kappa shape index (κ1) is 21.4. The molecule has 5 rings (SSSR count). The predicted octanol–water partition coefficient (Wildman–Crippen LogP) is 4.12. The topological polar surface area (TPSA) is 63.1 Å². The number of fused-ring (bicyclic) bond motifs is 1. The summed E-state index contributed by atoms with van der Waals surface area (Å²) in [5.74, 6) is -0.211. The van der Waals surface area contributed by atoms with Gasteiger partial charge < -0.3 is 14.6 Å². The highest BCUT2D eigenvalue weighted by molar-refractivity contribution is 5.83. The number of carbonyl (C=O) groups excluding carboxylic acids is 1. The lowest BCUT2D eigenvalue weighted by Crippen LogP contribution is -2.50. The molecule has 2 aromatic carbocycles. The number of nitrogens with zero attached hydrogens (tertiary/aromatic N) is 3. The quantitative estimate of drug-likeness (QED) is 0.502. The Kier molecular flexibility index (Phi) is 5.72. The van der Waals surface area contributed by atoms with Gasteiger partial charge in [-0.2, -0.15) is 5.10 Å². The van der Waals surface area contributed by atoms with Crippen molar-refractivity contribution in [3.8, 4) is 5.69 Å². The van der Waals surface area contributed by atoms with Crippen molar-refractivity contribution < 1.29 is 13.9 Å². The van der Waals surface area contributed by atoms with Gasteiger partial charge in [0.05, 0.1) is 37.1 Å².